The maximum Gasteiger partial charge on any atom is 0.225 e. The Kier molecular flexibility index (Phi) is 2.86. The van der Waals surface area contributed by atoms with Gasteiger partial charge in [-0.05, 0) is 12.8 Å². The highest BCUT2D eigenvalue weighted by Crippen LogP contribution is 2.21. The summed E-state index contributed by atoms with van der Waals surface area (Å²) >= 11 is 1.17. The summed E-state index contributed by atoms with van der Waals surface area (Å²) in [4.78, 5) is 13.6. The molecule has 5 nitrogen and oxygen atoms in total. The minimum Gasteiger partial charge on any atom is -0.388 e. The summed E-state index contributed by atoms with van der Waals surface area (Å²) in [5.74, 6) is 0.334. The van der Waals surface area contributed by atoms with Crippen LogP contribution >= 0.6 is 11.5 Å². The average molecular weight is 226 g/mol. The van der Waals surface area contributed by atoms with Crippen molar-refractivity contribution in [3.05, 3.63) is 5.69 Å². The number of carbonyl (C=O) groups excluding carboxylic acids is 1. The van der Waals surface area contributed by atoms with Gasteiger partial charge < -0.3 is 10.6 Å². The standard InChI is InChI=1S/C9H14N4OS/c1-6-3-2-4-13(9(6)14)5-7-8(10)15-12-11-7/h6H,2-5,10H2,1H3. The fourth-order valence-electron chi connectivity index (χ4n) is 1.80. The third-order valence-electron chi connectivity index (χ3n) is 2.72. The summed E-state index contributed by atoms with van der Waals surface area (Å²) in [6.45, 7) is 3.28. The maximum absolute atomic E-state index is 11.8. The molecule has 2 N–H and O–H groups in total. The lowest BCUT2D eigenvalue weighted by atomic mass is 9.99. The molecule has 0 radical (unpaired) electrons. The van der Waals surface area contributed by atoms with Crippen LogP contribution in [0.25, 0.3) is 0 Å². The summed E-state index contributed by atoms with van der Waals surface area (Å²) in [5, 5.41) is 4.53. The van der Waals surface area contributed by atoms with Crippen LogP contribution in [0.5, 0.6) is 0 Å². The Morgan fingerprint density at radius 2 is 2.47 bits per heavy atom. The highest BCUT2D eigenvalue weighted by molar-refractivity contribution is 7.09. The first kappa shape index (κ1) is 10.4. The Hall–Kier alpha value is -1.17. The van der Waals surface area contributed by atoms with Gasteiger partial charge in [0.25, 0.3) is 0 Å². The first-order chi connectivity index (χ1) is 7.18. The molecule has 1 unspecified atom stereocenters. The molecule has 1 fully saturated rings. The molecule has 0 saturated carbocycles. The van der Waals surface area contributed by atoms with E-state index in [1.165, 1.54) is 11.5 Å². The normalized spacial score (nSPS) is 22.1. The van der Waals surface area contributed by atoms with Gasteiger partial charge in [0.2, 0.25) is 5.91 Å². The molecule has 82 valence electrons. The molecule has 1 aliphatic heterocycles. The molecule has 1 saturated heterocycles. The van der Waals surface area contributed by atoms with Crippen LogP contribution in [0, 0.1) is 5.92 Å². The highest BCUT2D eigenvalue weighted by Gasteiger charge is 2.26. The Morgan fingerprint density at radius 1 is 1.67 bits per heavy atom. The predicted octanol–water partition coefficient (Wildman–Crippen LogP) is 0.879. The highest BCUT2D eigenvalue weighted by atomic mass is 32.1. The number of rotatable bonds is 2. The average Bonchev–Trinajstić information content (AvgIpc) is 2.60. The summed E-state index contributed by atoms with van der Waals surface area (Å²) in [6, 6.07) is 0. The van der Waals surface area contributed by atoms with Gasteiger partial charge >= 0.3 is 0 Å². The number of nitrogen functional groups attached to an aromatic ring is 1. The molecule has 1 aromatic rings. The number of nitrogens with two attached hydrogens (primary N) is 1. The second-order valence-electron chi connectivity index (χ2n) is 3.89. The number of nitrogens with zero attached hydrogens (tertiary/aromatic N) is 3. The van der Waals surface area contributed by atoms with E-state index in [-0.39, 0.29) is 11.8 Å². The van der Waals surface area contributed by atoms with E-state index >= 15 is 0 Å². The summed E-state index contributed by atoms with van der Waals surface area (Å²) in [7, 11) is 0. The van der Waals surface area contributed by atoms with E-state index in [9.17, 15) is 4.79 Å². The van der Waals surface area contributed by atoms with Gasteiger partial charge in [0.1, 0.15) is 10.7 Å². The molecule has 1 amide bonds. The molecule has 0 spiro atoms. The van der Waals surface area contributed by atoms with Gasteiger partial charge in [0.15, 0.2) is 0 Å². The fourth-order valence-corrected chi connectivity index (χ4v) is 2.23. The Balaban J connectivity index is 2.05. The van der Waals surface area contributed by atoms with Crippen molar-refractivity contribution in [2.24, 2.45) is 5.92 Å². The quantitative estimate of drug-likeness (QED) is 0.812. The predicted molar refractivity (Wildman–Crippen MR) is 58.1 cm³/mol. The molecule has 6 heteroatoms. The van der Waals surface area contributed by atoms with Crippen molar-refractivity contribution >= 4 is 22.4 Å². The summed E-state index contributed by atoms with van der Waals surface area (Å²) < 4.78 is 3.76. The van der Waals surface area contributed by atoms with Crippen LogP contribution in [0.4, 0.5) is 5.00 Å². The fraction of sp³-hybridized carbons (Fsp3) is 0.667. The topological polar surface area (TPSA) is 72.1 Å². The van der Waals surface area contributed by atoms with Crippen molar-refractivity contribution in [1.29, 1.82) is 0 Å². The van der Waals surface area contributed by atoms with Crippen molar-refractivity contribution in [2.45, 2.75) is 26.3 Å². The van der Waals surface area contributed by atoms with E-state index in [2.05, 4.69) is 9.59 Å². The molecule has 2 heterocycles. The van der Waals surface area contributed by atoms with Crippen LogP contribution in [-0.4, -0.2) is 26.9 Å². The molecule has 0 aliphatic carbocycles. The van der Waals surface area contributed by atoms with E-state index < -0.39 is 0 Å². The Morgan fingerprint density at radius 3 is 3.13 bits per heavy atom. The van der Waals surface area contributed by atoms with Crippen LogP contribution in [0.3, 0.4) is 0 Å². The van der Waals surface area contributed by atoms with Crippen LogP contribution in [0.1, 0.15) is 25.5 Å². The second-order valence-corrected chi connectivity index (χ2v) is 4.67. The van der Waals surface area contributed by atoms with Gasteiger partial charge in [-0.2, -0.15) is 0 Å². The van der Waals surface area contributed by atoms with Crippen LogP contribution in [0.15, 0.2) is 0 Å². The largest absolute Gasteiger partial charge is 0.388 e. The molecule has 1 atom stereocenters. The first-order valence-corrected chi connectivity index (χ1v) is 5.81. The third-order valence-corrected chi connectivity index (χ3v) is 3.32. The number of aromatic nitrogens is 2. The molecule has 1 aromatic heterocycles. The van der Waals surface area contributed by atoms with Gasteiger partial charge in [-0.15, -0.1) is 5.10 Å². The molecule has 15 heavy (non-hydrogen) atoms. The lowest BCUT2D eigenvalue weighted by Crippen LogP contribution is -2.39. The maximum atomic E-state index is 11.8. The van der Waals surface area contributed by atoms with Crippen molar-refractivity contribution in [3.8, 4) is 0 Å². The van der Waals surface area contributed by atoms with Gasteiger partial charge in [-0.25, -0.2) is 0 Å². The van der Waals surface area contributed by atoms with E-state index in [4.69, 9.17) is 5.73 Å². The smallest absolute Gasteiger partial charge is 0.225 e. The van der Waals surface area contributed by atoms with Gasteiger partial charge in [0, 0.05) is 24.0 Å². The number of piperidine rings is 1. The molecular formula is C9H14N4OS. The molecule has 2 rings (SSSR count). The first-order valence-electron chi connectivity index (χ1n) is 5.04. The van der Waals surface area contributed by atoms with E-state index in [0.29, 0.717) is 11.5 Å². The zero-order valence-corrected chi connectivity index (χ0v) is 9.46. The van der Waals surface area contributed by atoms with Crippen molar-refractivity contribution < 1.29 is 4.79 Å². The van der Waals surface area contributed by atoms with Crippen molar-refractivity contribution in [2.75, 3.05) is 12.3 Å². The zero-order chi connectivity index (χ0) is 10.8. The lowest BCUT2D eigenvalue weighted by molar-refractivity contribution is -0.138. The van der Waals surface area contributed by atoms with Gasteiger partial charge in [-0.3, -0.25) is 4.79 Å². The van der Waals surface area contributed by atoms with E-state index in [1.54, 1.807) is 0 Å². The van der Waals surface area contributed by atoms with Crippen molar-refractivity contribution in [3.63, 3.8) is 0 Å². The summed E-state index contributed by atoms with van der Waals surface area (Å²) in [5.41, 5.74) is 6.42. The van der Waals surface area contributed by atoms with Gasteiger partial charge in [-0.1, -0.05) is 11.4 Å². The number of hydrogen-bond acceptors (Lipinski definition) is 5. The molecule has 1 aliphatic rings. The molecular weight excluding hydrogens is 212 g/mol. The summed E-state index contributed by atoms with van der Waals surface area (Å²) in [6.07, 6.45) is 2.05. The van der Waals surface area contributed by atoms with Crippen LogP contribution in [-0.2, 0) is 11.3 Å². The third kappa shape index (κ3) is 2.09. The number of likely N-dealkylation sites (tertiary alicyclic amines) is 1. The number of carbonyl (C=O) groups is 1. The SMILES string of the molecule is CC1CCCN(Cc2nnsc2N)C1=O. The van der Waals surface area contributed by atoms with E-state index in [0.717, 1.165) is 25.1 Å². The van der Waals surface area contributed by atoms with Crippen LogP contribution in [0.2, 0.25) is 0 Å². The lowest BCUT2D eigenvalue weighted by Gasteiger charge is -2.29. The van der Waals surface area contributed by atoms with Crippen LogP contribution < -0.4 is 5.73 Å². The monoisotopic (exact) mass is 226 g/mol. The number of amides is 1. The molecule has 0 bridgehead atoms. The zero-order valence-electron chi connectivity index (χ0n) is 8.64. The minimum absolute atomic E-state index is 0.131. The Labute approximate surface area is 92.4 Å². The van der Waals surface area contributed by atoms with E-state index in [1.807, 2.05) is 11.8 Å². The van der Waals surface area contributed by atoms with Crippen molar-refractivity contribution in [1.82, 2.24) is 14.5 Å². The second kappa shape index (κ2) is 4.14. The number of anilines is 1. The Bertz CT molecular complexity index is 365. The van der Waals surface area contributed by atoms with Gasteiger partial charge in [0.05, 0.1) is 6.54 Å². The molecule has 0 aromatic carbocycles. The number of hydrogen-bond donors (Lipinski definition) is 1. The minimum atomic E-state index is 0.131.